The predicted molar refractivity (Wildman–Crippen MR) is 167 cm³/mol. The number of aromatic amines is 1. The van der Waals surface area contributed by atoms with E-state index in [1.807, 2.05) is 12.3 Å². The minimum Gasteiger partial charge on any atom is -0.506 e. The third-order valence-electron chi connectivity index (χ3n) is 11.6. The van der Waals surface area contributed by atoms with Crippen molar-refractivity contribution >= 4 is 27.4 Å². The van der Waals surface area contributed by atoms with Crippen LogP contribution >= 0.6 is 0 Å². The van der Waals surface area contributed by atoms with Gasteiger partial charge in [0.05, 0.1) is 22.8 Å². The number of ether oxygens (including phenoxy) is 1. The Bertz CT molecular complexity index is 1640. The van der Waals surface area contributed by atoms with E-state index >= 15 is 0 Å². The number of benzene rings is 1. The molecule has 9 rings (SSSR count). The molecule has 2 N–H and O–H groups in total. The van der Waals surface area contributed by atoms with Gasteiger partial charge in [-0.3, -0.25) is 9.88 Å². The smallest absolute Gasteiger partial charge is 0.139 e. The molecule has 3 bridgehead atoms. The van der Waals surface area contributed by atoms with Crippen molar-refractivity contribution in [3.63, 3.8) is 0 Å². The van der Waals surface area contributed by atoms with Crippen LogP contribution in [0.15, 0.2) is 60.8 Å². The van der Waals surface area contributed by atoms with Crippen LogP contribution < -0.4 is 0 Å². The number of allylic oxidation sites excluding steroid dienone is 4. The maximum atomic E-state index is 10.7. The van der Waals surface area contributed by atoms with Gasteiger partial charge in [0.15, 0.2) is 0 Å². The van der Waals surface area contributed by atoms with Crippen molar-refractivity contribution < 1.29 is 9.84 Å². The molecule has 3 fully saturated rings. The van der Waals surface area contributed by atoms with Gasteiger partial charge in [0, 0.05) is 35.0 Å². The van der Waals surface area contributed by atoms with Crippen molar-refractivity contribution in [2.45, 2.75) is 88.1 Å². The summed E-state index contributed by atoms with van der Waals surface area (Å²) in [6, 6.07) is 8.74. The van der Waals surface area contributed by atoms with Crippen LogP contribution in [0.3, 0.4) is 0 Å². The molecule has 0 amide bonds. The van der Waals surface area contributed by atoms with Gasteiger partial charge in [-0.1, -0.05) is 36.4 Å². The van der Waals surface area contributed by atoms with Crippen molar-refractivity contribution in [3.8, 4) is 5.75 Å². The molecule has 3 saturated heterocycles. The summed E-state index contributed by atoms with van der Waals surface area (Å²) in [7, 11) is 0. The summed E-state index contributed by atoms with van der Waals surface area (Å²) in [5.41, 5.74) is 4.07. The van der Waals surface area contributed by atoms with E-state index in [2.05, 4.69) is 57.3 Å². The van der Waals surface area contributed by atoms with Crippen LogP contribution in [0.4, 0.5) is 0 Å². The zero-order chi connectivity index (χ0) is 27.9. The van der Waals surface area contributed by atoms with Crippen LogP contribution in [-0.2, 0) is 4.74 Å². The molecule has 0 radical (unpaired) electrons. The number of phenolic OH excluding ortho intramolecular Hbond substituents is 1. The first-order valence-corrected chi connectivity index (χ1v) is 16.5. The minimum atomic E-state index is -0.331. The van der Waals surface area contributed by atoms with Crippen LogP contribution in [0.2, 0.25) is 0 Å². The molecule has 6 nitrogen and oxygen atoms in total. The summed E-state index contributed by atoms with van der Waals surface area (Å²) >= 11 is 0. The fourth-order valence-corrected chi connectivity index (χ4v) is 10.1. The van der Waals surface area contributed by atoms with Gasteiger partial charge in [-0.25, -0.2) is 0 Å². The lowest BCUT2D eigenvalue weighted by Crippen LogP contribution is -2.62. The molecule has 1 aliphatic carbocycles. The van der Waals surface area contributed by atoms with Gasteiger partial charge < -0.3 is 19.7 Å². The highest BCUT2D eigenvalue weighted by atomic mass is 16.5. The van der Waals surface area contributed by atoms with Crippen LogP contribution in [-0.4, -0.2) is 68.4 Å². The SMILES string of the molecule is Oc1cccc2c1[nH]c1c(C3=C[C@]45CCC=CCCCCN6CC[C@@H]3[C@]3(C[C@@H]7/C=C\CCC[C@@H](O4)N7[C@H]35)C6)nccc12. The number of nitrogens with one attached hydrogen (secondary N) is 1. The lowest BCUT2D eigenvalue weighted by molar-refractivity contribution is -0.0733. The first kappa shape index (κ1) is 25.6. The zero-order valence-corrected chi connectivity index (χ0v) is 24.5. The number of aromatic nitrogens is 2. The molecule has 2 aromatic heterocycles. The first-order chi connectivity index (χ1) is 20.7. The van der Waals surface area contributed by atoms with E-state index < -0.39 is 0 Å². The summed E-state index contributed by atoms with van der Waals surface area (Å²) < 4.78 is 7.43. The molecule has 6 heteroatoms. The van der Waals surface area contributed by atoms with E-state index in [-0.39, 0.29) is 17.2 Å². The number of piperidine rings is 1. The van der Waals surface area contributed by atoms with Gasteiger partial charge in [-0.15, -0.1) is 0 Å². The molecular formula is C36H42N4O2. The number of H-pyrrole nitrogens is 1. The number of hydrogen-bond acceptors (Lipinski definition) is 5. The van der Waals surface area contributed by atoms with E-state index in [4.69, 9.17) is 9.72 Å². The van der Waals surface area contributed by atoms with Crippen LogP contribution in [0.1, 0.15) is 69.9 Å². The Hall–Kier alpha value is -2.93. The summed E-state index contributed by atoms with van der Waals surface area (Å²) in [6.07, 6.45) is 26.2. The quantitative estimate of drug-likeness (QED) is 0.315. The summed E-state index contributed by atoms with van der Waals surface area (Å²) in [5.74, 6) is 0.720. The second-order valence-electron chi connectivity index (χ2n) is 13.9. The fourth-order valence-electron chi connectivity index (χ4n) is 10.1. The van der Waals surface area contributed by atoms with Crippen molar-refractivity contribution in [3.05, 3.63) is 66.5 Å². The normalized spacial score (nSPS) is 38.8. The van der Waals surface area contributed by atoms with Crippen molar-refractivity contribution in [1.82, 2.24) is 19.8 Å². The number of aromatic hydroxyl groups is 1. The van der Waals surface area contributed by atoms with E-state index in [9.17, 15) is 5.11 Å². The maximum absolute atomic E-state index is 10.7. The average Bonchev–Trinajstić information content (AvgIpc) is 3.63. The van der Waals surface area contributed by atoms with E-state index in [1.54, 1.807) is 6.07 Å². The number of rotatable bonds is 1. The molecular weight excluding hydrogens is 520 g/mol. The molecule has 7 atom stereocenters. The lowest BCUT2D eigenvalue weighted by atomic mass is 9.55. The minimum absolute atomic E-state index is 0.117. The first-order valence-electron chi connectivity index (χ1n) is 16.5. The highest BCUT2D eigenvalue weighted by Crippen LogP contribution is 2.65. The molecule has 1 aromatic carbocycles. The van der Waals surface area contributed by atoms with E-state index in [0.717, 1.165) is 72.7 Å². The monoisotopic (exact) mass is 562 g/mol. The topological polar surface area (TPSA) is 64.6 Å². The standard InChI is InChI=1S/C36H42N4O2/c41-29-13-10-12-25-26-15-18-37-32(33(26)38-31(25)29)27-22-36-17-8-3-1-2-4-9-19-39-20-16-28(27)35(23-39)21-24-11-6-5-7-14-30(42-36)40(24)34(35)36/h1,3,6,10-13,15,18,22,24,28,30,34,38,41H,2,4-5,7-9,14,16-17,19-21,23H2/b3-1?,11-6-/t24-,28-,30+,34+,35-,36-/m0/s1. The Morgan fingerprint density at radius 2 is 1.86 bits per heavy atom. The van der Waals surface area contributed by atoms with E-state index in [0.29, 0.717) is 23.8 Å². The van der Waals surface area contributed by atoms with Gasteiger partial charge in [0.1, 0.15) is 17.6 Å². The molecule has 1 unspecified atom stereocenters. The number of nitrogens with zero attached hydrogens (tertiary/aromatic N) is 3. The number of hydrogen-bond donors (Lipinski definition) is 2. The van der Waals surface area contributed by atoms with Crippen molar-refractivity contribution in [2.24, 2.45) is 11.3 Å². The molecule has 3 aromatic rings. The third kappa shape index (κ3) is 3.58. The number of para-hydroxylation sites is 1. The van der Waals surface area contributed by atoms with Gasteiger partial charge in [0.2, 0.25) is 0 Å². The fraction of sp³-hybridized carbons (Fsp3) is 0.528. The number of pyridine rings is 1. The Morgan fingerprint density at radius 3 is 2.83 bits per heavy atom. The van der Waals surface area contributed by atoms with Gasteiger partial charge >= 0.3 is 0 Å². The number of phenols is 1. The molecule has 7 heterocycles. The second-order valence-corrected chi connectivity index (χ2v) is 13.9. The zero-order valence-electron chi connectivity index (χ0n) is 24.5. The largest absolute Gasteiger partial charge is 0.506 e. The lowest BCUT2D eigenvalue weighted by Gasteiger charge is -2.56. The van der Waals surface area contributed by atoms with Gasteiger partial charge in [-0.2, -0.15) is 0 Å². The van der Waals surface area contributed by atoms with E-state index in [1.165, 1.54) is 44.2 Å². The second kappa shape index (κ2) is 9.54. The van der Waals surface area contributed by atoms with Crippen LogP contribution in [0, 0.1) is 11.3 Å². The van der Waals surface area contributed by atoms with Crippen molar-refractivity contribution in [1.29, 1.82) is 0 Å². The molecule has 6 aliphatic rings. The highest BCUT2D eigenvalue weighted by molar-refractivity contribution is 6.11. The summed E-state index contributed by atoms with van der Waals surface area (Å²) in [5, 5.41) is 12.9. The van der Waals surface area contributed by atoms with Crippen LogP contribution in [0.5, 0.6) is 5.75 Å². The highest BCUT2D eigenvalue weighted by Gasteiger charge is 2.71. The van der Waals surface area contributed by atoms with Crippen LogP contribution in [0.25, 0.3) is 27.4 Å². The molecule has 5 aliphatic heterocycles. The molecule has 42 heavy (non-hydrogen) atoms. The molecule has 0 saturated carbocycles. The Kier molecular flexibility index (Phi) is 5.80. The molecule has 1 spiro atoms. The third-order valence-corrected chi connectivity index (χ3v) is 11.6. The summed E-state index contributed by atoms with van der Waals surface area (Å²) in [6.45, 7) is 3.49. The van der Waals surface area contributed by atoms with Gasteiger partial charge in [-0.05, 0) is 107 Å². The Balaban J connectivity index is 1.29. The van der Waals surface area contributed by atoms with Crippen molar-refractivity contribution in [2.75, 3.05) is 19.6 Å². The maximum Gasteiger partial charge on any atom is 0.139 e. The molecule has 218 valence electrons. The Morgan fingerprint density at radius 1 is 0.952 bits per heavy atom. The van der Waals surface area contributed by atoms with Gasteiger partial charge in [0.25, 0.3) is 0 Å². The predicted octanol–water partition coefficient (Wildman–Crippen LogP) is 6.93. The number of fused-ring (bicyclic) bond motifs is 4. The Labute approximate surface area is 248 Å². The summed E-state index contributed by atoms with van der Waals surface area (Å²) in [4.78, 5) is 14.4. The average molecular weight is 563 g/mol.